The van der Waals surface area contributed by atoms with Gasteiger partial charge in [-0.2, -0.15) is 4.31 Å². The van der Waals surface area contributed by atoms with Gasteiger partial charge in [-0.15, -0.1) is 0 Å². The molecule has 1 aliphatic carbocycles. The molecule has 1 saturated heterocycles. The lowest BCUT2D eigenvalue weighted by Gasteiger charge is -2.31. The Morgan fingerprint density at radius 3 is 2.55 bits per heavy atom. The van der Waals surface area contributed by atoms with E-state index in [4.69, 9.17) is 0 Å². The highest BCUT2D eigenvalue weighted by atomic mass is 32.2. The number of carbonyl (C=O) groups excluding carboxylic acids is 1. The summed E-state index contributed by atoms with van der Waals surface area (Å²) in [5.74, 6) is 0.0289. The smallest absolute Gasteiger partial charge is 0.251 e. The minimum absolute atomic E-state index is 0.00444. The summed E-state index contributed by atoms with van der Waals surface area (Å²) < 4.78 is 28.4. The monoisotopic (exact) mass is 407 g/mol. The Bertz CT molecular complexity index is 1170. The van der Waals surface area contributed by atoms with E-state index in [0.29, 0.717) is 24.0 Å². The van der Waals surface area contributed by atoms with E-state index in [-0.39, 0.29) is 28.8 Å². The molecule has 2 aromatic carbocycles. The standard InChI is InChI=1S/C22H21N3O3S/c26-22(16-6-2-1-3-7-16)24-19-13-18-12-17(19)14-25(18)29(27,28)20-10-4-8-15-9-5-11-23-21(15)20/h1-11,17-19H,12-14H2,(H,24,26). The summed E-state index contributed by atoms with van der Waals surface area (Å²) in [5, 5.41) is 3.91. The molecule has 2 heterocycles. The third-order valence-electron chi connectivity index (χ3n) is 6.03. The number of carbonyl (C=O) groups is 1. The van der Waals surface area contributed by atoms with Crippen LogP contribution in [-0.4, -0.2) is 42.2 Å². The van der Waals surface area contributed by atoms with Gasteiger partial charge in [-0.3, -0.25) is 9.78 Å². The second-order valence-electron chi connectivity index (χ2n) is 7.74. The van der Waals surface area contributed by atoms with Gasteiger partial charge in [-0.05, 0) is 43.0 Å². The van der Waals surface area contributed by atoms with Crippen LogP contribution in [0.5, 0.6) is 0 Å². The highest BCUT2D eigenvalue weighted by Crippen LogP contribution is 2.41. The number of amides is 1. The van der Waals surface area contributed by atoms with Crippen molar-refractivity contribution in [1.29, 1.82) is 0 Å². The van der Waals surface area contributed by atoms with Crippen LogP contribution in [0.2, 0.25) is 0 Å². The van der Waals surface area contributed by atoms with Gasteiger partial charge in [0.15, 0.2) is 0 Å². The summed E-state index contributed by atoms with van der Waals surface area (Å²) in [4.78, 5) is 17.0. The number of nitrogens with zero attached hydrogens (tertiary/aromatic N) is 2. The molecule has 2 fully saturated rings. The molecule has 1 N–H and O–H groups in total. The molecule has 3 atom stereocenters. The van der Waals surface area contributed by atoms with Crippen molar-refractivity contribution in [2.75, 3.05) is 6.54 Å². The lowest BCUT2D eigenvalue weighted by molar-refractivity contribution is 0.0919. The Kier molecular flexibility index (Phi) is 4.37. The fourth-order valence-electron chi connectivity index (χ4n) is 4.64. The summed E-state index contributed by atoms with van der Waals surface area (Å²) in [6.07, 6.45) is 3.03. The van der Waals surface area contributed by atoms with Crippen molar-refractivity contribution in [3.05, 3.63) is 72.4 Å². The van der Waals surface area contributed by atoms with Crippen LogP contribution in [0.15, 0.2) is 71.8 Å². The Labute approximate surface area is 169 Å². The van der Waals surface area contributed by atoms with Crippen molar-refractivity contribution in [1.82, 2.24) is 14.6 Å². The third kappa shape index (κ3) is 3.10. The van der Waals surface area contributed by atoms with Crippen LogP contribution in [0.1, 0.15) is 23.2 Å². The van der Waals surface area contributed by atoms with Crippen molar-refractivity contribution in [3.63, 3.8) is 0 Å². The van der Waals surface area contributed by atoms with Gasteiger partial charge < -0.3 is 5.32 Å². The van der Waals surface area contributed by atoms with Crippen LogP contribution in [0.3, 0.4) is 0 Å². The van der Waals surface area contributed by atoms with Gasteiger partial charge in [0.25, 0.3) is 5.91 Å². The number of hydrogen-bond donors (Lipinski definition) is 1. The van der Waals surface area contributed by atoms with Crippen molar-refractivity contribution in [3.8, 4) is 0 Å². The number of piperidine rings is 1. The predicted molar refractivity (Wildman–Crippen MR) is 110 cm³/mol. The Morgan fingerprint density at radius 2 is 1.79 bits per heavy atom. The van der Waals surface area contributed by atoms with E-state index in [1.165, 1.54) is 0 Å². The van der Waals surface area contributed by atoms with Gasteiger partial charge in [-0.25, -0.2) is 8.42 Å². The Balaban J connectivity index is 1.36. The van der Waals surface area contributed by atoms with Gasteiger partial charge in [-0.1, -0.05) is 36.4 Å². The summed E-state index contributed by atoms with van der Waals surface area (Å²) in [7, 11) is -3.64. The van der Waals surface area contributed by atoms with Gasteiger partial charge in [0.05, 0.1) is 5.52 Å². The molecule has 0 spiro atoms. The molecule has 6 nitrogen and oxygen atoms in total. The van der Waals surface area contributed by atoms with Crippen LogP contribution in [0.25, 0.3) is 10.9 Å². The molecule has 1 saturated carbocycles. The molecule has 1 aliphatic heterocycles. The van der Waals surface area contributed by atoms with Crippen LogP contribution >= 0.6 is 0 Å². The first kappa shape index (κ1) is 18.3. The second-order valence-corrected chi connectivity index (χ2v) is 9.60. The summed E-state index contributed by atoms with van der Waals surface area (Å²) in [5.41, 5.74) is 1.13. The molecule has 1 aromatic heterocycles. The van der Waals surface area contributed by atoms with Gasteiger partial charge in [0, 0.05) is 35.8 Å². The number of hydrogen-bond acceptors (Lipinski definition) is 4. The number of pyridine rings is 1. The maximum absolute atomic E-state index is 13.4. The average Bonchev–Trinajstić information content (AvgIpc) is 3.35. The highest BCUT2D eigenvalue weighted by Gasteiger charge is 2.50. The molecular formula is C22H21N3O3S. The molecule has 7 heteroatoms. The molecule has 0 radical (unpaired) electrons. The minimum Gasteiger partial charge on any atom is -0.349 e. The van der Waals surface area contributed by atoms with Crippen molar-refractivity contribution < 1.29 is 13.2 Å². The predicted octanol–water partition coefficient (Wildman–Crippen LogP) is 2.82. The molecule has 29 heavy (non-hydrogen) atoms. The Hall–Kier alpha value is -2.77. The van der Waals surface area contributed by atoms with E-state index < -0.39 is 10.0 Å². The zero-order chi connectivity index (χ0) is 20.0. The van der Waals surface area contributed by atoms with Crippen LogP contribution < -0.4 is 5.32 Å². The average molecular weight is 407 g/mol. The topological polar surface area (TPSA) is 79.4 Å². The van der Waals surface area contributed by atoms with E-state index in [1.807, 2.05) is 30.3 Å². The molecule has 1 amide bonds. The van der Waals surface area contributed by atoms with Crippen molar-refractivity contribution in [2.24, 2.45) is 5.92 Å². The van der Waals surface area contributed by atoms with Gasteiger partial charge >= 0.3 is 0 Å². The molecular weight excluding hydrogens is 386 g/mol. The van der Waals surface area contributed by atoms with E-state index in [9.17, 15) is 13.2 Å². The first-order chi connectivity index (χ1) is 14.0. The first-order valence-corrected chi connectivity index (χ1v) is 11.2. The quantitative estimate of drug-likeness (QED) is 0.721. The van der Waals surface area contributed by atoms with Crippen LogP contribution in [-0.2, 0) is 10.0 Å². The zero-order valence-electron chi connectivity index (χ0n) is 15.7. The van der Waals surface area contributed by atoms with Gasteiger partial charge in [0.1, 0.15) is 4.90 Å². The molecule has 148 valence electrons. The van der Waals surface area contributed by atoms with Gasteiger partial charge in [0.2, 0.25) is 10.0 Å². The number of fused-ring (bicyclic) bond motifs is 3. The number of rotatable bonds is 4. The van der Waals surface area contributed by atoms with E-state index >= 15 is 0 Å². The number of benzene rings is 2. The number of aromatic nitrogens is 1. The lowest BCUT2D eigenvalue weighted by atomic mass is 10.0. The molecule has 2 bridgehead atoms. The Morgan fingerprint density at radius 1 is 1.00 bits per heavy atom. The van der Waals surface area contributed by atoms with Crippen LogP contribution in [0.4, 0.5) is 0 Å². The molecule has 5 rings (SSSR count). The third-order valence-corrected chi connectivity index (χ3v) is 7.98. The molecule has 3 aromatic rings. The SMILES string of the molecule is O=C(NC1CC2CC1CN2S(=O)(=O)c1cccc2cccnc12)c1ccccc1. The lowest BCUT2D eigenvalue weighted by Crippen LogP contribution is -2.47. The largest absolute Gasteiger partial charge is 0.349 e. The maximum atomic E-state index is 13.4. The van der Waals surface area contributed by atoms with Crippen molar-refractivity contribution in [2.45, 2.75) is 29.8 Å². The second kappa shape index (κ2) is 6.93. The number of para-hydroxylation sites is 1. The number of sulfonamides is 1. The van der Waals surface area contributed by atoms with E-state index in [0.717, 1.165) is 11.8 Å². The fraction of sp³-hybridized carbons (Fsp3) is 0.273. The highest BCUT2D eigenvalue weighted by molar-refractivity contribution is 7.89. The fourth-order valence-corrected chi connectivity index (χ4v) is 6.51. The first-order valence-electron chi connectivity index (χ1n) is 9.75. The number of nitrogens with one attached hydrogen (secondary N) is 1. The minimum atomic E-state index is -3.64. The van der Waals surface area contributed by atoms with E-state index in [2.05, 4.69) is 10.3 Å². The summed E-state index contributed by atoms with van der Waals surface area (Å²) in [6, 6.07) is 18.0. The summed E-state index contributed by atoms with van der Waals surface area (Å²) >= 11 is 0. The maximum Gasteiger partial charge on any atom is 0.251 e. The molecule has 2 aliphatic rings. The van der Waals surface area contributed by atoms with E-state index in [1.54, 1.807) is 40.8 Å². The molecule has 3 unspecified atom stereocenters. The normalized spacial score (nSPS) is 24.1. The summed E-state index contributed by atoms with van der Waals surface area (Å²) in [6.45, 7) is 0.427. The van der Waals surface area contributed by atoms with Crippen LogP contribution in [0, 0.1) is 5.92 Å². The van der Waals surface area contributed by atoms with Crippen molar-refractivity contribution >= 4 is 26.8 Å². The zero-order valence-corrected chi connectivity index (χ0v) is 16.5.